The van der Waals surface area contributed by atoms with Gasteiger partial charge in [-0.05, 0) is 42.3 Å². The zero-order valence-electron chi connectivity index (χ0n) is 14.6. The van der Waals surface area contributed by atoms with Crippen molar-refractivity contribution in [3.8, 4) is 5.75 Å². The summed E-state index contributed by atoms with van der Waals surface area (Å²) in [4.78, 5) is 14.0. The number of nitrogens with one attached hydrogen (secondary N) is 1. The summed E-state index contributed by atoms with van der Waals surface area (Å²) >= 11 is 12.1. The smallest absolute Gasteiger partial charge is 0.236 e. The van der Waals surface area contributed by atoms with Crippen LogP contribution in [0.5, 0.6) is 5.75 Å². The molecule has 2 rings (SSSR count). The molecule has 4 nitrogen and oxygen atoms in total. The molecule has 0 spiro atoms. The van der Waals surface area contributed by atoms with Crippen molar-refractivity contribution in [3.05, 3.63) is 63.6 Å². The zero-order valence-corrected chi connectivity index (χ0v) is 16.1. The van der Waals surface area contributed by atoms with Crippen molar-refractivity contribution in [1.82, 2.24) is 10.2 Å². The Labute approximate surface area is 158 Å². The standard InChI is InChI=1S/C19H22Cl2N2O2/c1-13(17-9-6-15(20)10-18(17)21)22-11-19(24)23(2)12-14-4-7-16(25-3)8-5-14/h4-10,13,22H,11-12H2,1-3H3. The SMILES string of the molecule is COc1ccc(CN(C)C(=O)CNC(C)c2ccc(Cl)cc2Cl)cc1. The molecule has 0 saturated heterocycles. The van der Waals surface area contributed by atoms with E-state index < -0.39 is 0 Å². The van der Waals surface area contributed by atoms with Crippen LogP contribution in [0.25, 0.3) is 0 Å². The van der Waals surface area contributed by atoms with Crippen molar-refractivity contribution in [1.29, 1.82) is 0 Å². The third kappa shape index (κ3) is 5.63. The van der Waals surface area contributed by atoms with Gasteiger partial charge in [0.15, 0.2) is 0 Å². The van der Waals surface area contributed by atoms with Crippen LogP contribution >= 0.6 is 23.2 Å². The predicted molar refractivity (Wildman–Crippen MR) is 102 cm³/mol. The number of ether oxygens (including phenoxy) is 1. The maximum Gasteiger partial charge on any atom is 0.236 e. The summed E-state index contributed by atoms with van der Waals surface area (Å²) in [7, 11) is 3.42. The van der Waals surface area contributed by atoms with Gasteiger partial charge in [0.1, 0.15) is 5.75 Å². The number of carbonyl (C=O) groups excluding carboxylic acids is 1. The van der Waals surface area contributed by atoms with E-state index in [1.54, 1.807) is 31.2 Å². The highest BCUT2D eigenvalue weighted by Gasteiger charge is 2.14. The minimum atomic E-state index is -0.0527. The quantitative estimate of drug-likeness (QED) is 0.777. The summed E-state index contributed by atoms with van der Waals surface area (Å²) in [5, 5.41) is 4.39. The Bertz CT molecular complexity index is 720. The summed E-state index contributed by atoms with van der Waals surface area (Å²) in [5.74, 6) is 0.806. The number of rotatable bonds is 7. The molecule has 6 heteroatoms. The normalized spacial score (nSPS) is 11.9. The molecule has 134 valence electrons. The number of nitrogens with zero attached hydrogens (tertiary/aromatic N) is 1. The Balaban J connectivity index is 1.87. The zero-order chi connectivity index (χ0) is 18.4. The Morgan fingerprint density at radius 1 is 1.20 bits per heavy atom. The number of hydrogen-bond acceptors (Lipinski definition) is 3. The van der Waals surface area contributed by atoms with Crippen molar-refractivity contribution in [2.75, 3.05) is 20.7 Å². The Kier molecular flexibility index (Phi) is 7.12. The Hall–Kier alpha value is -1.75. The van der Waals surface area contributed by atoms with E-state index >= 15 is 0 Å². The van der Waals surface area contributed by atoms with Crippen molar-refractivity contribution < 1.29 is 9.53 Å². The Morgan fingerprint density at radius 2 is 1.88 bits per heavy atom. The van der Waals surface area contributed by atoms with E-state index in [9.17, 15) is 4.79 Å². The van der Waals surface area contributed by atoms with Crippen LogP contribution in [0.15, 0.2) is 42.5 Å². The van der Waals surface area contributed by atoms with E-state index in [0.717, 1.165) is 16.9 Å². The molecule has 2 aromatic rings. The molecule has 0 aliphatic carbocycles. The van der Waals surface area contributed by atoms with Crippen molar-refractivity contribution in [2.45, 2.75) is 19.5 Å². The van der Waals surface area contributed by atoms with E-state index in [1.807, 2.05) is 37.3 Å². The molecular weight excluding hydrogens is 359 g/mol. The molecule has 0 saturated carbocycles. The van der Waals surface area contributed by atoms with Crippen LogP contribution in [0.2, 0.25) is 10.0 Å². The topological polar surface area (TPSA) is 41.6 Å². The first-order valence-electron chi connectivity index (χ1n) is 7.96. The lowest BCUT2D eigenvalue weighted by atomic mass is 10.1. The average molecular weight is 381 g/mol. The lowest BCUT2D eigenvalue weighted by Gasteiger charge is -2.20. The summed E-state index contributed by atoms with van der Waals surface area (Å²) in [6.45, 7) is 2.74. The predicted octanol–water partition coefficient (Wildman–Crippen LogP) is 4.31. The highest BCUT2D eigenvalue weighted by molar-refractivity contribution is 6.35. The minimum Gasteiger partial charge on any atom is -0.497 e. The number of likely N-dealkylation sites (N-methyl/N-ethyl adjacent to an activating group) is 1. The fourth-order valence-electron chi connectivity index (χ4n) is 2.43. The van der Waals surface area contributed by atoms with Gasteiger partial charge in [-0.1, -0.05) is 41.4 Å². The van der Waals surface area contributed by atoms with E-state index in [2.05, 4.69) is 5.32 Å². The highest BCUT2D eigenvalue weighted by Crippen LogP contribution is 2.25. The van der Waals surface area contributed by atoms with Crippen LogP contribution in [0.3, 0.4) is 0 Å². The number of benzene rings is 2. The van der Waals surface area contributed by atoms with E-state index in [0.29, 0.717) is 16.6 Å². The third-order valence-electron chi connectivity index (χ3n) is 3.99. The van der Waals surface area contributed by atoms with Crippen LogP contribution in [0, 0.1) is 0 Å². The first kappa shape index (κ1) is 19.6. The van der Waals surface area contributed by atoms with Gasteiger partial charge in [-0.3, -0.25) is 4.79 Å². The van der Waals surface area contributed by atoms with E-state index in [-0.39, 0.29) is 18.5 Å². The van der Waals surface area contributed by atoms with Gasteiger partial charge in [0.05, 0.1) is 13.7 Å². The molecule has 0 bridgehead atoms. The molecule has 0 heterocycles. The summed E-state index contributed by atoms with van der Waals surface area (Å²) in [5.41, 5.74) is 1.96. The average Bonchev–Trinajstić information content (AvgIpc) is 2.60. The monoisotopic (exact) mass is 380 g/mol. The number of amides is 1. The first-order chi connectivity index (χ1) is 11.9. The van der Waals surface area contributed by atoms with Crippen molar-refractivity contribution in [3.63, 3.8) is 0 Å². The van der Waals surface area contributed by atoms with Gasteiger partial charge in [-0.25, -0.2) is 0 Å². The minimum absolute atomic E-state index is 0.00718. The lowest BCUT2D eigenvalue weighted by Crippen LogP contribution is -2.36. The van der Waals surface area contributed by atoms with Crippen LogP contribution in [-0.2, 0) is 11.3 Å². The van der Waals surface area contributed by atoms with Gasteiger partial charge >= 0.3 is 0 Å². The van der Waals surface area contributed by atoms with E-state index in [1.165, 1.54) is 0 Å². The van der Waals surface area contributed by atoms with Gasteiger partial charge in [-0.15, -0.1) is 0 Å². The van der Waals surface area contributed by atoms with Gasteiger partial charge in [0.2, 0.25) is 5.91 Å². The molecule has 2 aromatic carbocycles. The second-order valence-corrected chi connectivity index (χ2v) is 6.71. The van der Waals surface area contributed by atoms with Crippen LogP contribution in [-0.4, -0.2) is 31.5 Å². The second kappa shape index (κ2) is 9.09. The van der Waals surface area contributed by atoms with Crippen LogP contribution in [0.4, 0.5) is 0 Å². The number of hydrogen-bond donors (Lipinski definition) is 1. The summed E-state index contributed by atoms with van der Waals surface area (Å²) < 4.78 is 5.14. The number of halogens is 2. The van der Waals surface area contributed by atoms with Crippen molar-refractivity contribution in [2.24, 2.45) is 0 Å². The molecule has 0 fully saturated rings. The summed E-state index contributed by atoms with van der Waals surface area (Å²) in [6.07, 6.45) is 0. The van der Waals surface area contributed by atoms with Gasteiger partial charge < -0.3 is 15.0 Å². The van der Waals surface area contributed by atoms with Crippen LogP contribution < -0.4 is 10.1 Å². The fraction of sp³-hybridized carbons (Fsp3) is 0.316. The molecule has 0 aliphatic rings. The summed E-state index contributed by atoms with van der Waals surface area (Å²) in [6, 6.07) is 13.0. The molecule has 1 atom stereocenters. The molecule has 0 radical (unpaired) electrons. The molecule has 1 unspecified atom stereocenters. The second-order valence-electron chi connectivity index (χ2n) is 5.87. The van der Waals surface area contributed by atoms with Crippen LogP contribution in [0.1, 0.15) is 24.1 Å². The van der Waals surface area contributed by atoms with Gasteiger partial charge in [-0.2, -0.15) is 0 Å². The van der Waals surface area contributed by atoms with Gasteiger partial charge in [0.25, 0.3) is 0 Å². The largest absolute Gasteiger partial charge is 0.497 e. The molecule has 1 amide bonds. The van der Waals surface area contributed by atoms with E-state index in [4.69, 9.17) is 27.9 Å². The maximum absolute atomic E-state index is 12.3. The van der Waals surface area contributed by atoms with Crippen molar-refractivity contribution >= 4 is 29.1 Å². The number of carbonyl (C=O) groups is 1. The molecule has 1 N–H and O–H groups in total. The molecule has 0 aromatic heterocycles. The molecular formula is C19H22Cl2N2O2. The third-order valence-corrected chi connectivity index (χ3v) is 4.56. The maximum atomic E-state index is 12.3. The highest BCUT2D eigenvalue weighted by atomic mass is 35.5. The first-order valence-corrected chi connectivity index (χ1v) is 8.71. The lowest BCUT2D eigenvalue weighted by molar-refractivity contribution is -0.129. The van der Waals surface area contributed by atoms with Gasteiger partial charge in [0, 0.05) is 29.7 Å². The Morgan fingerprint density at radius 3 is 2.48 bits per heavy atom. The molecule has 0 aliphatic heterocycles. The fourth-order valence-corrected chi connectivity index (χ4v) is 3.00. The molecule has 25 heavy (non-hydrogen) atoms. The number of methoxy groups -OCH3 is 1.